The molecule has 0 saturated carbocycles. The summed E-state index contributed by atoms with van der Waals surface area (Å²) in [6.45, 7) is 0.273. The third-order valence-electron chi connectivity index (χ3n) is 4.48. The van der Waals surface area contributed by atoms with Gasteiger partial charge in [-0.2, -0.15) is 0 Å². The van der Waals surface area contributed by atoms with Gasteiger partial charge < -0.3 is 4.74 Å². The summed E-state index contributed by atoms with van der Waals surface area (Å²) in [5.41, 5.74) is 1.73. The van der Waals surface area contributed by atoms with Crippen molar-refractivity contribution in [2.45, 2.75) is 6.54 Å². The molecule has 2 amide bonds. The zero-order valence-electron chi connectivity index (χ0n) is 14.7. The first-order valence-electron chi connectivity index (χ1n) is 8.52. The number of ether oxygens (including phenoxy) is 1. The minimum absolute atomic E-state index is 0.255. The lowest BCUT2D eigenvalue weighted by Crippen LogP contribution is -2.27. The van der Waals surface area contributed by atoms with Gasteiger partial charge in [0.1, 0.15) is 5.75 Å². The van der Waals surface area contributed by atoms with Crippen LogP contribution in [-0.2, 0) is 11.3 Å². The molecule has 4 nitrogen and oxygen atoms in total. The standard InChI is InChI=1S/C22H17NO3S/c1-26-19-12-11-16-9-5-6-10-17(16)18(19)13-20-21(24)23(22(25)27-20)14-15-7-3-2-4-8-15/h2-13H,14H2,1H3/b20-13-. The van der Waals surface area contributed by atoms with Gasteiger partial charge in [-0.3, -0.25) is 14.5 Å². The lowest BCUT2D eigenvalue weighted by molar-refractivity contribution is -0.123. The zero-order chi connectivity index (χ0) is 18.8. The number of nitrogens with zero attached hydrogens (tertiary/aromatic N) is 1. The number of amides is 2. The van der Waals surface area contributed by atoms with Crippen LogP contribution in [0, 0.1) is 0 Å². The van der Waals surface area contributed by atoms with Crippen LogP contribution in [-0.4, -0.2) is 23.2 Å². The van der Waals surface area contributed by atoms with Gasteiger partial charge in [0, 0.05) is 5.56 Å². The highest BCUT2D eigenvalue weighted by molar-refractivity contribution is 8.18. The molecule has 1 heterocycles. The molecule has 1 saturated heterocycles. The molecule has 27 heavy (non-hydrogen) atoms. The minimum Gasteiger partial charge on any atom is -0.496 e. The average molecular weight is 375 g/mol. The van der Waals surface area contributed by atoms with Crippen molar-refractivity contribution in [2.24, 2.45) is 0 Å². The number of thioether (sulfide) groups is 1. The van der Waals surface area contributed by atoms with Gasteiger partial charge in [0.2, 0.25) is 0 Å². The van der Waals surface area contributed by atoms with E-state index < -0.39 is 0 Å². The van der Waals surface area contributed by atoms with E-state index in [1.165, 1.54) is 4.90 Å². The molecule has 0 unspecified atom stereocenters. The molecular formula is C22H17NO3S. The van der Waals surface area contributed by atoms with Gasteiger partial charge in [0.15, 0.2) is 0 Å². The number of hydrogen-bond donors (Lipinski definition) is 0. The Bertz CT molecular complexity index is 1060. The smallest absolute Gasteiger partial charge is 0.293 e. The Morgan fingerprint density at radius 1 is 0.963 bits per heavy atom. The molecular weight excluding hydrogens is 358 g/mol. The van der Waals surface area contributed by atoms with Gasteiger partial charge in [-0.15, -0.1) is 0 Å². The van der Waals surface area contributed by atoms with Crippen molar-refractivity contribution in [3.05, 3.63) is 82.8 Å². The number of carbonyl (C=O) groups excluding carboxylic acids is 2. The molecule has 3 aromatic rings. The topological polar surface area (TPSA) is 46.6 Å². The number of imide groups is 1. The largest absolute Gasteiger partial charge is 0.496 e. The molecule has 0 aromatic heterocycles. The number of methoxy groups -OCH3 is 1. The van der Waals surface area contributed by atoms with Crippen molar-refractivity contribution in [3.63, 3.8) is 0 Å². The summed E-state index contributed by atoms with van der Waals surface area (Å²) >= 11 is 0.967. The highest BCUT2D eigenvalue weighted by atomic mass is 32.2. The van der Waals surface area contributed by atoms with Gasteiger partial charge in [-0.05, 0) is 40.2 Å². The van der Waals surface area contributed by atoms with E-state index in [4.69, 9.17) is 4.74 Å². The Morgan fingerprint density at radius 3 is 2.48 bits per heavy atom. The van der Waals surface area contributed by atoms with Crippen LogP contribution in [0.1, 0.15) is 11.1 Å². The Morgan fingerprint density at radius 2 is 1.70 bits per heavy atom. The SMILES string of the molecule is COc1ccc2ccccc2c1/C=C1\SC(=O)N(Cc2ccccc2)C1=O. The minimum atomic E-state index is -0.274. The van der Waals surface area contributed by atoms with Gasteiger partial charge in [0.25, 0.3) is 11.1 Å². The second-order valence-corrected chi connectivity index (χ2v) is 7.15. The maximum absolute atomic E-state index is 12.8. The van der Waals surface area contributed by atoms with E-state index in [9.17, 15) is 9.59 Å². The summed E-state index contributed by atoms with van der Waals surface area (Å²) in [4.78, 5) is 26.9. The summed E-state index contributed by atoms with van der Waals surface area (Å²) in [5.74, 6) is 0.396. The van der Waals surface area contributed by atoms with Crippen LogP contribution in [0.4, 0.5) is 4.79 Å². The number of fused-ring (bicyclic) bond motifs is 1. The molecule has 0 radical (unpaired) electrons. The number of carbonyl (C=O) groups is 2. The summed E-state index contributed by atoms with van der Waals surface area (Å²) in [5, 5.41) is 1.77. The highest BCUT2D eigenvalue weighted by Crippen LogP contribution is 2.37. The monoisotopic (exact) mass is 375 g/mol. The van der Waals surface area contributed by atoms with Gasteiger partial charge in [-0.25, -0.2) is 0 Å². The van der Waals surface area contributed by atoms with Gasteiger partial charge in [-0.1, -0.05) is 60.7 Å². The first kappa shape index (κ1) is 17.4. The molecule has 0 spiro atoms. The first-order chi connectivity index (χ1) is 13.2. The normalized spacial score (nSPS) is 15.7. The Kier molecular flexibility index (Phi) is 4.69. The van der Waals surface area contributed by atoms with Crippen molar-refractivity contribution in [1.29, 1.82) is 0 Å². The van der Waals surface area contributed by atoms with Crippen LogP contribution in [0.15, 0.2) is 71.6 Å². The van der Waals surface area contributed by atoms with Crippen LogP contribution in [0.3, 0.4) is 0 Å². The quantitative estimate of drug-likeness (QED) is 0.596. The lowest BCUT2D eigenvalue weighted by Gasteiger charge is -2.12. The van der Waals surface area contributed by atoms with E-state index in [-0.39, 0.29) is 17.7 Å². The molecule has 0 N–H and O–H groups in total. The van der Waals surface area contributed by atoms with Crippen LogP contribution in [0.5, 0.6) is 5.75 Å². The first-order valence-corrected chi connectivity index (χ1v) is 9.34. The number of hydrogen-bond acceptors (Lipinski definition) is 4. The summed E-state index contributed by atoms with van der Waals surface area (Å²) in [6.07, 6.45) is 1.76. The van der Waals surface area contributed by atoms with Crippen molar-refractivity contribution in [2.75, 3.05) is 7.11 Å². The fraction of sp³-hybridized carbons (Fsp3) is 0.0909. The maximum Gasteiger partial charge on any atom is 0.293 e. The fourth-order valence-corrected chi connectivity index (χ4v) is 3.96. The van der Waals surface area contributed by atoms with Crippen molar-refractivity contribution < 1.29 is 14.3 Å². The Balaban J connectivity index is 1.72. The molecule has 4 rings (SSSR count). The number of benzene rings is 3. The fourth-order valence-electron chi connectivity index (χ4n) is 3.14. The van der Waals surface area contributed by atoms with Crippen LogP contribution >= 0.6 is 11.8 Å². The van der Waals surface area contributed by atoms with Gasteiger partial charge in [0.05, 0.1) is 18.6 Å². The van der Waals surface area contributed by atoms with E-state index >= 15 is 0 Å². The molecule has 3 aromatic carbocycles. The van der Waals surface area contributed by atoms with E-state index in [0.717, 1.165) is 33.7 Å². The van der Waals surface area contributed by atoms with E-state index in [0.29, 0.717) is 10.7 Å². The average Bonchev–Trinajstić information content (AvgIpc) is 2.96. The molecule has 134 valence electrons. The second-order valence-electron chi connectivity index (χ2n) is 6.16. The molecule has 0 aliphatic carbocycles. The van der Waals surface area contributed by atoms with Crippen LogP contribution in [0.2, 0.25) is 0 Å². The van der Waals surface area contributed by atoms with Crippen molar-refractivity contribution in [3.8, 4) is 5.75 Å². The van der Waals surface area contributed by atoms with Crippen LogP contribution in [0.25, 0.3) is 16.8 Å². The predicted molar refractivity (Wildman–Crippen MR) is 108 cm³/mol. The van der Waals surface area contributed by atoms with E-state index in [2.05, 4.69) is 0 Å². The maximum atomic E-state index is 12.8. The molecule has 1 aliphatic rings. The van der Waals surface area contributed by atoms with Crippen molar-refractivity contribution in [1.82, 2.24) is 4.90 Å². The Hall–Kier alpha value is -3.05. The second kappa shape index (κ2) is 7.29. The number of rotatable bonds is 4. The zero-order valence-corrected chi connectivity index (χ0v) is 15.5. The van der Waals surface area contributed by atoms with Gasteiger partial charge >= 0.3 is 0 Å². The van der Waals surface area contributed by atoms with Crippen LogP contribution < -0.4 is 4.74 Å². The molecule has 1 fully saturated rings. The molecule has 1 aliphatic heterocycles. The van der Waals surface area contributed by atoms with E-state index in [1.54, 1.807) is 13.2 Å². The third kappa shape index (κ3) is 3.34. The Labute approximate surface area is 161 Å². The molecule has 5 heteroatoms. The summed E-state index contributed by atoms with van der Waals surface area (Å²) < 4.78 is 5.48. The summed E-state index contributed by atoms with van der Waals surface area (Å²) in [6, 6.07) is 21.3. The third-order valence-corrected chi connectivity index (χ3v) is 5.39. The predicted octanol–water partition coefficient (Wildman–Crippen LogP) is 5.08. The lowest BCUT2D eigenvalue weighted by atomic mass is 10.0. The molecule has 0 atom stereocenters. The van der Waals surface area contributed by atoms with E-state index in [1.807, 2.05) is 66.7 Å². The molecule has 0 bridgehead atoms. The summed E-state index contributed by atoms with van der Waals surface area (Å²) in [7, 11) is 1.60. The van der Waals surface area contributed by atoms with Crippen molar-refractivity contribution >= 4 is 39.8 Å². The highest BCUT2D eigenvalue weighted by Gasteiger charge is 2.35.